The Morgan fingerprint density at radius 1 is 1.15 bits per heavy atom. The van der Waals surface area contributed by atoms with Gasteiger partial charge in [-0.15, -0.1) is 0 Å². The van der Waals surface area contributed by atoms with Gasteiger partial charge in [0.15, 0.2) is 0 Å². The Bertz CT molecular complexity index is 1170. The summed E-state index contributed by atoms with van der Waals surface area (Å²) in [6, 6.07) is 5.64. The Kier molecular flexibility index (Phi) is 6.51. The van der Waals surface area contributed by atoms with Crippen molar-refractivity contribution in [1.82, 2.24) is 19.2 Å². The first-order chi connectivity index (χ1) is 16.1. The van der Waals surface area contributed by atoms with Gasteiger partial charge in [0.2, 0.25) is 0 Å². The van der Waals surface area contributed by atoms with Crippen LogP contribution in [-0.4, -0.2) is 79.9 Å². The van der Waals surface area contributed by atoms with Crippen molar-refractivity contribution in [2.24, 2.45) is 0 Å². The zero-order valence-corrected chi connectivity index (χ0v) is 20.0. The molecule has 1 saturated carbocycles. The summed E-state index contributed by atoms with van der Waals surface area (Å²) >= 11 is 6.82. The quantitative estimate of drug-likeness (QED) is 0.509. The summed E-state index contributed by atoms with van der Waals surface area (Å²) < 4.78 is 2.10. The molecular weight excluding hydrogens is 458 g/mol. The van der Waals surface area contributed by atoms with Crippen LogP contribution >= 0.6 is 24.0 Å². The van der Waals surface area contributed by atoms with E-state index in [4.69, 9.17) is 17.2 Å². The van der Waals surface area contributed by atoms with Gasteiger partial charge in [-0.3, -0.25) is 23.8 Å². The molecule has 0 aromatic carbocycles. The average molecular weight is 486 g/mol. The van der Waals surface area contributed by atoms with Crippen LogP contribution in [0.25, 0.3) is 11.7 Å². The fraction of sp³-hybridized carbons (Fsp3) is 0.478. The molecule has 0 radical (unpaired) electrons. The van der Waals surface area contributed by atoms with Gasteiger partial charge in [0.05, 0.1) is 17.1 Å². The summed E-state index contributed by atoms with van der Waals surface area (Å²) in [5.41, 5.74) is 0.798. The number of fused-ring (bicyclic) bond motifs is 1. The van der Waals surface area contributed by atoms with E-state index >= 15 is 0 Å². The van der Waals surface area contributed by atoms with Crippen LogP contribution in [0.4, 0.5) is 5.82 Å². The van der Waals surface area contributed by atoms with Gasteiger partial charge in [0, 0.05) is 45.0 Å². The third-order valence-corrected chi connectivity index (χ3v) is 7.96. The predicted molar refractivity (Wildman–Crippen MR) is 134 cm³/mol. The highest BCUT2D eigenvalue weighted by Gasteiger charge is 2.38. The number of piperazine rings is 1. The minimum absolute atomic E-state index is 0.104. The van der Waals surface area contributed by atoms with E-state index in [1.807, 2.05) is 12.1 Å². The number of hydrogen-bond acceptors (Lipinski definition) is 8. The van der Waals surface area contributed by atoms with E-state index in [0.29, 0.717) is 45.9 Å². The van der Waals surface area contributed by atoms with Crippen molar-refractivity contribution in [3.05, 3.63) is 45.2 Å². The van der Waals surface area contributed by atoms with E-state index in [1.165, 1.54) is 16.2 Å². The molecule has 2 aromatic rings. The highest BCUT2D eigenvalue weighted by atomic mass is 32.2. The van der Waals surface area contributed by atoms with E-state index in [0.717, 1.165) is 38.8 Å². The SMILES string of the molecule is O=C1/C(=C/c2c(N3CCN(CCO)CC3)nc3ccccn3c2=O)SC(=S)N1C1CCCC1. The first kappa shape index (κ1) is 22.5. The van der Waals surface area contributed by atoms with E-state index in [2.05, 4.69) is 9.80 Å². The summed E-state index contributed by atoms with van der Waals surface area (Å²) in [6.07, 6.45) is 7.58. The van der Waals surface area contributed by atoms with Crippen molar-refractivity contribution in [1.29, 1.82) is 0 Å². The number of hydrogen-bond donors (Lipinski definition) is 1. The Hall–Kier alpha value is -2.27. The van der Waals surface area contributed by atoms with E-state index in [1.54, 1.807) is 23.2 Å². The lowest BCUT2D eigenvalue weighted by Crippen LogP contribution is -2.48. The molecule has 1 amide bonds. The molecule has 3 aliphatic rings. The van der Waals surface area contributed by atoms with Gasteiger partial charge in [0.25, 0.3) is 11.5 Å². The summed E-state index contributed by atoms with van der Waals surface area (Å²) in [5.74, 6) is 0.495. The van der Waals surface area contributed by atoms with Crippen molar-refractivity contribution >= 4 is 51.7 Å². The number of anilines is 1. The van der Waals surface area contributed by atoms with Crippen LogP contribution in [-0.2, 0) is 4.79 Å². The van der Waals surface area contributed by atoms with Gasteiger partial charge >= 0.3 is 0 Å². The van der Waals surface area contributed by atoms with E-state index in [9.17, 15) is 14.7 Å². The van der Waals surface area contributed by atoms with Crippen LogP contribution in [0.15, 0.2) is 34.1 Å². The van der Waals surface area contributed by atoms with Crippen molar-refractivity contribution in [3.63, 3.8) is 0 Å². The summed E-state index contributed by atoms with van der Waals surface area (Å²) in [6.45, 7) is 3.71. The van der Waals surface area contributed by atoms with Crippen LogP contribution in [0.5, 0.6) is 0 Å². The van der Waals surface area contributed by atoms with Crippen molar-refractivity contribution in [2.75, 3.05) is 44.2 Å². The normalized spacial score (nSPS) is 21.8. The molecule has 2 aromatic heterocycles. The zero-order chi connectivity index (χ0) is 22.9. The maximum atomic E-state index is 13.5. The highest BCUT2D eigenvalue weighted by molar-refractivity contribution is 8.26. The maximum absolute atomic E-state index is 13.5. The number of rotatable bonds is 5. The molecule has 174 valence electrons. The van der Waals surface area contributed by atoms with Gasteiger partial charge in [-0.25, -0.2) is 4.98 Å². The Balaban J connectivity index is 1.54. The van der Waals surface area contributed by atoms with Crippen LogP contribution in [0.1, 0.15) is 31.2 Å². The number of carbonyl (C=O) groups is 1. The number of thiocarbonyl (C=S) groups is 1. The number of amides is 1. The molecule has 1 aliphatic carbocycles. The minimum Gasteiger partial charge on any atom is -0.395 e. The number of pyridine rings is 1. The summed E-state index contributed by atoms with van der Waals surface area (Å²) in [5, 5.41) is 9.24. The number of aliphatic hydroxyl groups excluding tert-OH is 1. The number of nitrogens with zero attached hydrogens (tertiary/aromatic N) is 5. The van der Waals surface area contributed by atoms with Crippen LogP contribution in [0.2, 0.25) is 0 Å². The third kappa shape index (κ3) is 4.32. The van der Waals surface area contributed by atoms with Crippen molar-refractivity contribution < 1.29 is 9.90 Å². The first-order valence-corrected chi connectivity index (χ1v) is 12.7. The minimum atomic E-state index is -0.195. The molecule has 33 heavy (non-hydrogen) atoms. The monoisotopic (exact) mass is 485 g/mol. The second-order valence-corrected chi connectivity index (χ2v) is 10.3. The predicted octanol–water partition coefficient (Wildman–Crippen LogP) is 1.95. The van der Waals surface area contributed by atoms with Gasteiger partial charge in [-0.2, -0.15) is 0 Å². The van der Waals surface area contributed by atoms with Gasteiger partial charge in [0.1, 0.15) is 15.8 Å². The molecule has 0 bridgehead atoms. The lowest BCUT2D eigenvalue weighted by molar-refractivity contribution is -0.123. The number of thioether (sulfide) groups is 1. The Morgan fingerprint density at radius 2 is 1.91 bits per heavy atom. The molecule has 3 fully saturated rings. The largest absolute Gasteiger partial charge is 0.395 e. The van der Waals surface area contributed by atoms with E-state index in [-0.39, 0.29) is 24.1 Å². The Morgan fingerprint density at radius 3 is 2.64 bits per heavy atom. The lowest BCUT2D eigenvalue weighted by atomic mass is 10.2. The standard InChI is InChI=1S/C23H27N5O3S2/c29-14-13-25-9-11-26(12-10-25)20-17(21(30)27-8-4-3-7-19(27)24-20)15-18-22(31)28(23(32)33-18)16-5-1-2-6-16/h3-4,7-8,15-16,29H,1-2,5-6,9-14H2/b18-15-. The molecule has 10 heteroatoms. The molecule has 0 spiro atoms. The lowest BCUT2D eigenvalue weighted by Gasteiger charge is -2.35. The maximum Gasteiger partial charge on any atom is 0.267 e. The molecule has 0 atom stereocenters. The van der Waals surface area contributed by atoms with Crippen LogP contribution < -0.4 is 10.5 Å². The van der Waals surface area contributed by atoms with Gasteiger partial charge in [-0.1, -0.05) is 42.9 Å². The fourth-order valence-electron chi connectivity index (χ4n) is 4.87. The molecule has 2 aliphatic heterocycles. The number of aliphatic hydroxyl groups is 1. The van der Waals surface area contributed by atoms with Crippen LogP contribution in [0.3, 0.4) is 0 Å². The topological polar surface area (TPSA) is 81.4 Å². The molecule has 8 nitrogen and oxygen atoms in total. The molecular formula is C23H27N5O3S2. The Labute approximate surface area is 201 Å². The second-order valence-electron chi connectivity index (χ2n) is 8.63. The average Bonchev–Trinajstić information content (AvgIpc) is 3.44. The van der Waals surface area contributed by atoms with Crippen molar-refractivity contribution in [3.8, 4) is 0 Å². The fourth-order valence-corrected chi connectivity index (χ4v) is 6.25. The molecule has 2 saturated heterocycles. The van der Waals surface area contributed by atoms with Gasteiger partial charge < -0.3 is 10.0 Å². The number of β-amino-alcohol motifs (C(OH)–C–C–N with tert-alkyl or cyclic N) is 1. The number of aromatic nitrogens is 2. The van der Waals surface area contributed by atoms with Gasteiger partial charge in [-0.05, 0) is 31.1 Å². The smallest absolute Gasteiger partial charge is 0.267 e. The summed E-state index contributed by atoms with van der Waals surface area (Å²) in [7, 11) is 0. The third-order valence-electron chi connectivity index (χ3n) is 6.63. The molecule has 0 unspecified atom stereocenters. The van der Waals surface area contributed by atoms with E-state index < -0.39 is 0 Å². The zero-order valence-electron chi connectivity index (χ0n) is 18.4. The van der Waals surface area contributed by atoms with Crippen LogP contribution in [0, 0.1) is 0 Å². The first-order valence-electron chi connectivity index (χ1n) is 11.4. The highest BCUT2D eigenvalue weighted by Crippen LogP contribution is 2.38. The second kappa shape index (κ2) is 9.54. The molecule has 4 heterocycles. The molecule has 1 N–H and O–H groups in total. The van der Waals surface area contributed by atoms with Crippen molar-refractivity contribution in [2.45, 2.75) is 31.7 Å². The number of carbonyl (C=O) groups excluding carboxylic acids is 1. The summed E-state index contributed by atoms with van der Waals surface area (Å²) in [4.78, 5) is 38.1. The molecule has 5 rings (SSSR count).